The zero-order valence-corrected chi connectivity index (χ0v) is 12.0. The van der Waals surface area contributed by atoms with E-state index in [-0.39, 0.29) is 6.04 Å². The maximum absolute atomic E-state index is 5.79. The molecule has 1 aromatic carbocycles. The third-order valence-corrected chi connectivity index (χ3v) is 3.51. The molecule has 0 radical (unpaired) electrons. The lowest BCUT2D eigenvalue weighted by atomic mass is 10.0. The SMILES string of the molecule is CCNC(c1ccc(OC2CC2)cc1)c1cnn(C)c1. The first kappa shape index (κ1) is 13.2. The molecular formula is C16H21N3O. The number of nitrogens with one attached hydrogen (secondary N) is 1. The molecule has 0 bridgehead atoms. The van der Waals surface area contributed by atoms with Gasteiger partial charge in [0.1, 0.15) is 5.75 Å². The van der Waals surface area contributed by atoms with Gasteiger partial charge in [-0.3, -0.25) is 4.68 Å². The first-order valence-electron chi connectivity index (χ1n) is 7.25. The third kappa shape index (κ3) is 3.02. The topological polar surface area (TPSA) is 39.1 Å². The lowest BCUT2D eigenvalue weighted by Gasteiger charge is -2.17. The van der Waals surface area contributed by atoms with Gasteiger partial charge in [0.05, 0.1) is 18.3 Å². The highest BCUT2D eigenvalue weighted by molar-refractivity contribution is 5.34. The van der Waals surface area contributed by atoms with Gasteiger partial charge >= 0.3 is 0 Å². The molecule has 1 fully saturated rings. The van der Waals surface area contributed by atoms with Gasteiger partial charge in [0.25, 0.3) is 0 Å². The predicted molar refractivity (Wildman–Crippen MR) is 78.8 cm³/mol. The van der Waals surface area contributed by atoms with Crippen molar-refractivity contribution in [3.63, 3.8) is 0 Å². The van der Waals surface area contributed by atoms with Crippen molar-refractivity contribution in [1.29, 1.82) is 0 Å². The molecule has 0 spiro atoms. The smallest absolute Gasteiger partial charge is 0.119 e. The van der Waals surface area contributed by atoms with Gasteiger partial charge in [-0.1, -0.05) is 19.1 Å². The van der Waals surface area contributed by atoms with E-state index in [1.165, 1.54) is 24.0 Å². The molecule has 0 amide bonds. The van der Waals surface area contributed by atoms with Gasteiger partial charge in [-0.15, -0.1) is 0 Å². The molecule has 4 heteroatoms. The van der Waals surface area contributed by atoms with Crippen LogP contribution in [0, 0.1) is 0 Å². The number of rotatable bonds is 6. The number of nitrogens with zero attached hydrogens (tertiary/aromatic N) is 2. The van der Waals surface area contributed by atoms with Crippen molar-refractivity contribution < 1.29 is 4.74 Å². The van der Waals surface area contributed by atoms with E-state index in [1.807, 2.05) is 17.9 Å². The van der Waals surface area contributed by atoms with E-state index in [4.69, 9.17) is 4.74 Å². The summed E-state index contributed by atoms with van der Waals surface area (Å²) in [6.07, 6.45) is 6.81. The minimum atomic E-state index is 0.184. The Labute approximate surface area is 119 Å². The fourth-order valence-corrected chi connectivity index (χ4v) is 2.34. The van der Waals surface area contributed by atoms with Gasteiger partial charge in [-0.25, -0.2) is 0 Å². The first-order valence-corrected chi connectivity index (χ1v) is 7.25. The maximum atomic E-state index is 5.79. The van der Waals surface area contributed by atoms with Crippen molar-refractivity contribution in [3.8, 4) is 5.75 Å². The monoisotopic (exact) mass is 271 g/mol. The van der Waals surface area contributed by atoms with Crippen molar-refractivity contribution >= 4 is 0 Å². The van der Waals surface area contributed by atoms with E-state index in [0.29, 0.717) is 6.10 Å². The summed E-state index contributed by atoms with van der Waals surface area (Å²) in [5.74, 6) is 0.970. The largest absolute Gasteiger partial charge is 0.490 e. The maximum Gasteiger partial charge on any atom is 0.119 e. The van der Waals surface area contributed by atoms with Crippen molar-refractivity contribution in [1.82, 2.24) is 15.1 Å². The van der Waals surface area contributed by atoms with Gasteiger partial charge in [-0.05, 0) is 37.1 Å². The van der Waals surface area contributed by atoms with Gasteiger partial charge in [0, 0.05) is 18.8 Å². The quantitative estimate of drug-likeness (QED) is 0.878. The average molecular weight is 271 g/mol. The average Bonchev–Trinajstić information content (AvgIpc) is 3.17. The normalized spacial score (nSPS) is 16.1. The summed E-state index contributed by atoms with van der Waals surface area (Å²) < 4.78 is 7.63. The summed E-state index contributed by atoms with van der Waals surface area (Å²) in [4.78, 5) is 0. The highest BCUT2D eigenvalue weighted by Crippen LogP contribution is 2.28. The molecule has 2 aromatic rings. The molecule has 1 heterocycles. The number of hydrogen-bond acceptors (Lipinski definition) is 3. The molecule has 1 aliphatic rings. The molecular weight excluding hydrogens is 250 g/mol. The van der Waals surface area contributed by atoms with Crippen LogP contribution in [0.3, 0.4) is 0 Å². The van der Waals surface area contributed by atoms with Crippen LogP contribution >= 0.6 is 0 Å². The van der Waals surface area contributed by atoms with Crippen molar-refractivity contribution in [2.75, 3.05) is 6.54 Å². The first-order chi connectivity index (χ1) is 9.76. The van der Waals surface area contributed by atoms with E-state index in [9.17, 15) is 0 Å². The zero-order valence-electron chi connectivity index (χ0n) is 12.0. The number of benzene rings is 1. The van der Waals surface area contributed by atoms with Crippen LogP contribution in [0.5, 0.6) is 5.75 Å². The van der Waals surface area contributed by atoms with Gasteiger partial charge in [0.2, 0.25) is 0 Å². The van der Waals surface area contributed by atoms with Crippen molar-refractivity contribution in [3.05, 3.63) is 47.8 Å². The minimum Gasteiger partial charge on any atom is -0.490 e. The lowest BCUT2D eigenvalue weighted by molar-refractivity contribution is 0.303. The van der Waals surface area contributed by atoms with Crippen LogP contribution in [0.15, 0.2) is 36.7 Å². The van der Waals surface area contributed by atoms with Crippen LogP contribution in [0.25, 0.3) is 0 Å². The molecule has 0 saturated heterocycles. The van der Waals surface area contributed by atoms with Crippen LogP contribution in [-0.2, 0) is 7.05 Å². The molecule has 106 valence electrons. The van der Waals surface area contributed by atoms with Crippen molar-refractivity contribution in [2.45, 2.75) is 31.9 Å². The Morgan fingerprint density at radius 3 is 2.60 bits per heavy atom. The second-order valence-corrected chi connectivity index (χ2v) is 5.32. The Bertz CT molecular complexity index is 557. The van der Waals surface area contributed by atoms with Crippen LogP contribution in [0.2, 0.25) is 0 Å². The molecule has 1 unspecified atom stereocenters. The predicted octanol–water partition coefficient (Wildman–Crippen LogP) is 2.66. The number of hydrogen-bond donors (Lipinski definition) is 1. The highest BCUT2D eigenvalue weighted by atomic mass is 16.5. The Kier molecular flexibility index (Phi) is 3.74. The molecule has 1 aromatic heterocycles. The standard InChI is InChI=1S/C16H21N3O/c1-3-17-16(13-10-18-19(2)11-13)12-4-6-14(7-5-12)20-15-8-9-15/h4-7,10-11,15-17H,3,8-9H2,1-2H3. The summed E-state index contributed by atoms with van der Waals surface area (Å²) >= 11 is 0. The summed E-state index contributed by atoms with van der Waals surface area (Å²) in [6, 6.07) is 8.59. The fourth-order valence-electron chi connectivity index (χ4n) is 2.34. The molecule has 0 aliphatic heterocycles. The van der Waals surface area contributed by atoms with Crippen LogP contribution in [0.1, 0.15) is 36.9 Å². The molecule has 3 rings (SSSR count). The number of ether oxygens (including phenoxy) is 1. The summed E-state index contributed by atoms with van der Waals surface area (Å²) in [6.45, 7) is 3.04. The van der Waals surface area contributed by atoms with E-state index in [0.717, 1.165) is 12.3 Å². The summed E-state index contributed by atoms with van der Waals surface area (Å²) in [7, 11) is 1.94. The van der Waals surface area contributed by atoms with Crippen LogP contribution in [-0.4, -0.2) is 22.4 Å². The van der Waals surface area contributed by atoms with Crippen LogP contribution in [0.4, 0.5) is 0 Å². The number of aryl methyl sites for hydroxylation is 1. The van der Waals surface area contributed by atoms with E-state index >= 15 is 0 Å². The Morgan fingerprint density at radius 2 is 2.05 bits per heavy atom. The van der Waals surface area contributed by atoms with E-state index in [2.05, 4.69) is 47.8 Å². The minimum absolute atomic E-state index is 0.184. The Balaban J connectivity index is 1.79. The lowest BCUT2D eigenvalue weighted by Crippen LogP contribution is -2.21. The Morgan fingerprint density at radius 1 is 1.30 bits per heavy atom. The molecule has 1 N–H and O–H groups in total. The summed E-state index contributed by atoms with van der Waals surface area (Å²) in [5.41, 5.74) is 2.42. The van der Waals surface area contributed by atoms with Gasteiger partial charge in [-0.2, -0.15) is 5.10 Å². The van der Waals surface area contributed by atoms with Crippen molar-refractivity contribution in [2.24, 2.45) is 7.05 Å². The van der Waals surface area contributed by atoms with Gasteiger partial charge in [0.15, 0.2) is 0 Å². The second-order valence-electron chi connectivity index (χ2n) is 5.32. The van der Waals surface area contributed by atoms with Crippen LogP contribution < -0.4 is 10.1 Å². The molecule has 1 aliphatic carbocycles. The highest BCUT2D eigenvalue weighted by Gasteiger charge is 2.23. The van der Waals surface area contributed by atoms with Gasteiger partial charge < -0.3 is 10.1 Å². The fraction of sp³-hybridized carbons (Fsp3) is 0.438. The number of aromatic nitrogens is 2. The third-order valence-electron chi connectivity index (χ3n) is 3.51. The zero-order chi connectivity index (χ0) is 13.9. The molecule has 4 nitrogen and oxygen atoms in total. The molecule has 20 heavy (non-hydrogen) atoms. The second kappa shape index (κ2) is 5.67. The summed E-state index contributed by atoms with van der Waals surface area (Å²) in [5, 5.41) is 7.77. The van der Waals surface area contributed by atoms with E-state index < -0.39 is 0 Å². The molecule has 1 saturated carbocycles. The Hall–Kier alpha value is -1.81. The molecule has 1 atom stereocenters. The van der Waals surface area contributed by atoms with E-state index in [1.54, 1.807) is 0 Å².